The van der Waals surface area contributed by atoms with Gasteiger partial charge in [-0.3, -0.25) is 4.79 Å². The first-order chi connectivity index (χ1) is 14.2. The molecule has 3 N–H and O–H groups in total. The van der Waals surface area contributed by atoms with Crippen molar-refractivity contribution in [3.05, 3.63) is 70.1 Å². The van der Waals surface area contributed by atoms with Crippen LogP contribution in [0.4, 0.5) is 5.69 Å². The van der Waals surface area contributed by atoms with Crippen LogP contribution in [-0.2, 0) is 19.5 Å². The van der Waals surface area contributed by atoms with Crippen molar-refractivity contribution in [2.75, 3.05) is 11.9 Å². The number of aliphatic imine (C=N–C) groups is 1. The van der Waals surface area contributed by atoms with Crippen LogP contribution in [0.3, 0.4) is 0 Å². The van der Waals surface area contributed by atoms with Gasteiger partial charge in [0.1, 0.15) is 5.01 Å². The van der Waals surface area contributed by atoms with E-state index in [9.17, 15) is 4.79 Å². The van der Waals surface area contributed by atoms with Gasteiger partial charge >= 0.3 is 0 Å². The van der Waals surface area contributed by atoms with Crippen molar-refractivity contribution in [2.45, 2.75) is 33.4 Å². The summed E-state index contributed by atoms with van der Waals surface area (Å²) in [6, 6.07) is 10.9. The summed E-state index contributed by atoms with van der Waals surface area (Å²) >= 11 is 1.72. The first-order valence-corrected chi connectivity index (χ1v) is 10.4. The molecule has 0 unspecified atom stereocenters. The number of amides is 1. The smallest absolute Gasteiger partial charge is 0.291 e. The minimum Gasteiger partial charge on any atom is -0.459 e. The summed E-state index contributed by atoms with van der Waals surface area (Å²) < 4.78 is 5.09. The Labute approximate surface area is 197 Å². The van der Waals surface area contributed by atoms with Crippen LogP contribution in [0.5, 0.6) is 0 Å². The monoisotopic (exact) mass is 539 g/mol. The molecular formula is C21H26IN5O2S. The van der Waals surface area contributed by atoms with Crippen LogP contribution in [0, 0.1) is 0 Å². The average Bonchev–Trinajstić information content (AvgIpc) is 3.43. The van der Waals surface area contributed by atoms with Crippen LogP contribution in [0.1, 0.15) is 39.9 Å². The third kappa shape index (κ3) is 7.13. The highest BCUT2D eigenvalue weighted by Gasteiger charge is 2.08. The van der Waals surface area contributed by atoms with Gasteiger partial charge in [-0.05, 0) is 43.2 Å². The van der Waals surface area contributed by atoms with Crippen LogP contribution in [0.15, 0.2) is 58.3 Å². The SMILES string of the molecule is CCNC(=NCc1ccc(NC(=O)c2ccco2)cc1)NCc1ncc(CC)s1.I. The number of hydrogen-bond acceptors (Lipinski definition) is 5. The van der Waals surface area contributed by atoms with Gasteiger partial charge < -0.3 is 20.4 Å². The number of halogens is 1. The number of benzene rings is 1. The summed E-state index contributed by atoms with van der Waals surface area (Å²) in [5, 5.41) is 10.4. The van der Waals surface area contributed by atoms with Gasteiger partial charge in [0.2, 0.25) is 0 Å². The Morgan fingerprint density at radius 1 is 1.17 bits per heavy atom. The van der Waals surface area contributed by atoms with Crippen LogP contribution < -0.4 is 16.0 Å². The molecule has 0 aliphatic rings. The Hall–Kier alpha value is -2.40. The summed E-state index contributed by atoms with van der Waals surface area (Å²) in [5.41, 5.74) is 1.75. The Kier molecular flexibility index (Phi) is 9.81. The molecule has 0 saturated heterocycles. The van der Waals surface area contributed by atoms with Crippen molar-refractivity contribution in [2.24, 2.45) is 4.99 Å². The fourth-order valence-corrected chi connectivity index (χ4v) is 3.36. The van der Waals surface area contributed by atoms with E-state index in [1.807, 2.05) is 37.4 Å². The standard InChI is InChI=1S/C21H25N5O2S.HI/c1-3-17-13-23-19(29-17)14-25-21(22-4-2)24-12-15-7-9-16(10-8-15)26-20(27)18-6-5-11-28-18;/h5-11,13H,3-4,12,14H2,1-2H3,(H,26,27)(H2,22,24,25);1H. The third-order valence-electron chi connectivity index (χ3n) is 4.08. The second-order valence-corrected chi connectivity index (χ2v) is 7.45. The van der Waals surface area contributed by atoms with E-state index in [2.05, 4.69) is 32.9 Å². The zero-order valence-electron chi connectivity index (χ0n) is 17.0. The molecule has 2 heterocycles. The van der Waals surface area contributed by atoms with E-state index in [4.69, 9.17) is 4.42 Å². The van der Waals surface area contributed by atoms with Gasteiger partial charge in [-0.2, -0.15) is 0 Å². The van der Waals surface area contributed by atoms with E-state index in [-0.39, 0.29) is 35.6 Å². The lowest BCUT2D eigenvalue weighted by atomic mass is 10.2. The largest absolute Gasteiger partial charge is 0.459 e. The van der Waals surface area contributed by atoms with E-state index in [1.165, 1.54) is 11.1 Å². The van der Waals surface area contributed by atoms with Crippen molar-refractivity contribution < 1.29 is 9.21 Å². The van der Waals surface area contributed by atoms with E-state index >= 15 is 0 Å². The van der Waals surface area contributed by atoms with E-state index in [1.54, 1.807) is 23.5 Å². The molecule has 3 rings (SSSR count). The highest BCUT2D eigenvalue weighted by Crippen LogP contribution is 2.14. The number of nitrogens with one attached hydrogen (secondary N) is 3. The molecule has 9 heteroatoms. The fraction of sp³-hybridized carbons (Fsp3) is 0.286. The zero-order valence-corrected chi connectivity index (χ0v) is 20.1. The maximum absolute atomic E-state index is 12.0. The number of anilines is 1. The third-order valence-corrected chi connectivity index (χ3v) is 5.22. The molecule has 7 nitrogen and oxygen atoms in total. The first-order valence-electron chi connectivity index (χ1n) is 9.57. The van der Waals surface area contributed by atoms with Gasteiger partial charge in [0.15, 0.2) is 11.7 Å². The Morgan fingerprint density at radius 3 is 2.60 bits per heavy atom. The molecule has 0 spiro atoms. The number of rotatable bonds is 8. The molecule has 1 amide bonds. The molecule has 0 bridgehead atoms. The molecule has 3 aromatic rings. The maximum atomic E-state index is 12.0. The predicted octanol–water partition coefficient (Wildman–Crippen LogP) is 4.42. The lowest BCUT2D eigenvalue weighted by molar-refractivity contribution is 0.0996. The lowest BCUT2D eigenvalue weighted by Gasteiger charge is -2.10. The minimum absolute atomic E-state index is 0. The molecule has 0 radical (unpaired) electrons. The number of hydrogen-bond donors (Lipinski definition) is 3. The number of nitrogens with zero attached hydrogens (tertiary/aromatic N) is 2. The molecular weight excluding hydrogens is 513 g/mol. The van der Waals surface area contributed by atoms with Crippen molar-refractivity contribution in [3.8, 4) is 0 Å². The Bertz CT molecular complexity index is 939. The summed E-state index contributed by atoms with van der Waals surface area (Å²) in [6.45, 7) is 6.12. The summed E-state index contributed by atoms with van der Waals surface area (Å²) in [4.78, 5) is 22.3. The number of guanidine groups is 1. The van der Waals surface area contributed by atoms with Gasteiger partial charge in [-0.15, -0.1) is 35.3 Å². The van der Waals surface area contributed by atoms with E-state index < -0.39 is 0 Å². The first kappa shape index (κ1) is 23.9. The normalized spacial score (nSPS) is 10.9. The zero-order chi connectivity index (χ0) is 20.5. The molecule has 0 aliphatic heterocycles. The molecule has 2 aromatic heterocycles. The summed E-state index contributed by atoms with van der Waals surface area (Å²) in [5.74, 6) is 0.759. The minimum atomic E-state index is -0.271. The van der Waals surface area contributed by atoms with Crippen LogP contribution in [0.2, 0.25) is 0 Å². The molecule has 0 atom stereocenters. The molecule has 160 valence electrons. The van der Waals surface area contributed by atoms with Crippen LogP contribution in [0.25, 0.3) is 0 Å². The summed E-state index contributed by atoms with van der Waals surface area (Å²) in [7, 11) is 0. The van der Waals surface area contributed by atoms with E-state index in [0.29, 0.717) is 18.8 Å². The second-order valence-electron chi connectivity index (χ2n) is 6.25. The Balaban J connectivity index is 0.00000320. The second kappa shape index (κ2) is 12.3. The molecule has 0 saturated carbocycles. The van der Waals surface area contributed by atoms with Crippen molar-refractivity contribution in [3.63, 3.8) is 0 Å². The van der Waals surface area contributed by atoms with Crippen molar-refractivity contribution >= 4 is 52.9 Å². The van der Waals surface area contributed by atoms with Gasteiger partial charge in [0.05, 0.1) is 19.4 Å². The number of thiazole rings is 1. The molecule has 0 aliphatic carbocycles. The average molecular weight is 539 g/mol. The molecule has 1 aromatic carbocycles. The van der Waals surface area contributed by atoms with Crippen molar-refractivity contribution in [1.82, 2.24) is 15.6 Å². The number of carbonyl (C=O) groups excluding carboxylic acids is 1. The number of carbonyl (C=O) groups is 1. The number of furan rings is 1. The predicted molar refractivity (Wildman–Crippen MR) is 132 cm³/mol. The highest BCUT2D eigenvalue weighted by molar-refractivity contribution is 14.0. The maximum Gasteiger partial charge on any atom is 0.291 e. The van der Waals surface area contributed by atoms with Crippen LogP contribution in [-0.4, -0.2) is 23.4 Å². The van der Waals surface area contributed by atoms with Gasteiger partial charge in [-0.1, -0.05) is 19.1 Å². The number of aryl methyl sites for hydroxylation is 1. The van der Waals surface area contributed by atoms with Gasteiger partial charge in [0, 0.05) is 23.3 Å². The van der Waals surface area contributed by atoms with Gasteiger partial charge in [-0.25, -0.2) is 9.98 Å². The van der Waals surface area contributed by atoms with Gasteiger partial charge in [0.25, 0.3) is 5.91 Å². The topological polar surface area (TPSA) is 91.5 Å². The fourth-order valence-electron chi connectivity index (χ4n) is 2.56. The highest BCUT2D eigenvalue weighted by atomic mass is 127. The van der Waals surface area contributed by atoms with E-state index in [0.717, 1.165) is 29.5 Å². The van der Waals surface area contributed by atoms with Crippen molar-refractivity contribution in [1.29, 1.82) is 0 Å². The quantitative estimate of drug-likeness (QED) is 0.224. The Morgan fingerprint density at radius 2 is 1.97 bits per heavy atom. The molecule has 30 heavy (non-hydrogen) atoms. The van der Waals surface area contributed by atoms with Crippen LogP contribution >= 0.6 is 35.3 Å². The lowest BCUT2D eigenvalue weighted by Crippen LogP contribution is -2.36. The number of aromatic nitrogens is 1. The molecule has 0 fully saturated rings. The summed E-state index contributed by atoms with van der Waals surface area (Å²) in [6.07, 6.45) is 4.41.